The zero-order chi connectivity index (χ0) is 20.3. The first-order valence-corrected chi connectivity index (χ1v) is 10.9. The molecule has 1 unspecified atom stereocenters. The average molecular weight is 423 g/mol. The SMILES string of the molecule is COc1ccc(C(NC(=O)[C@H](C)NS(=O)(=O)c2ccc(Cl)cc2)C2CC2)cc1. The molecular weight excluding hydrogens is 400 g/mol. The van der Waals surface area contributed by atoms with Gasteiger partial charge < -0.3 is 10.1 Å². The van der Waals surface area contributed by atoms with Crippen LogP contribution in [0, 0.1) is 5.92 Å². The van der Waals surface area contributed by atoms with Crippen molar-refractivity contribution in [3.05, 3.63) is 59.1 Å². The van der Waals surface area contributed by atoms with Gasteiger partial charge in [0, 0.05) is 5.02 Å². The van der Waals surface area contributed by atoms with E-state index < -0.39 is 16.1 Å². The Labute approximate surface area is 170 Å². The molecule has 1 saturated carbocycles. The van der Waals surface area contributed by atoms with Gasteiger partial charge in [0.05, 0.1) is 24.1 Å². The Morgan fingerprint density at radius 2 is 1.71 bits per heavy atom. The first kappa shape index (κ1) is 20.6. The van der Waals surface area contributed by atoms with Crippen LogP contribution in [-0.2, 0) is 14.8 Å². The summed E-state index contributed by atoms with van der Waals surface area (Å²) in [5, 5.41) is 3.43. The number of hydrogen-bond donors (Lipinski definition) is 2. The molecule has 2 atom stereocenters. The lowest BCUT2D eigenvalue weighted by molar-refractivity contribution is -0.123. The third-order valence-corrected chi connectivity index (χ3v) is 6.52. The van der Waals surface area contributed by atoms with Gasteiger partial charge in [-0.05, 0) is 67.6 Å². The van der Waals surface area contributed by atoms with Gasteiger partial charge in [-0.2, -0.15) is 4.72 Å². The van der Waals surface area contributed by atoms with Gasteiger partial charge >= 0.3 is 0 Å². The Kier molecular flexibility index (Phi) is 6.27. The molecule has 1 amide bonds. The van der Waals surface area contributed by atoms with Gasteiger partial charge in [0.2, 0.25) is 15.9 Å². The molecule has 1 aliphatic rings. The summed E-state index contributed by atoms with van der Waals surface area (Å²) in [6.07, 6.45) is 2.06. The predicted molar refractivity (Wildman–Crippen MR) is 108 cm³/mol. The largest absolute Gasteiger partial charge is 0.497 e. The number of nitrogens with one attached hydrogen (secondary N) is 2. The van der Waals surface area contributed by atoms with Crippen molar-refractivity contribution < 1.29 is 17.9 Å². The molecule has 2 aromatic carbocycles. The number of sulfonamides is 1. The van der Waals surface area contributed by atoms with E-state index in [0.717, 1.165) is 24.2 Å². The van der Waals surface area contributed by atoms with Crippen LogP contribution in [0.15, 0.2) is 53.4 Å². The van der Waals surface area contributed by atoms with Crippen LogP contribution < -0.4 is 14.8 Å². The summed E-state index contributed by atoms with van der Waals surface area (Å²) >= 11 is 5.80. The zero-order valence-electron chi connectivity index (χ0n) is 15.7. The number of rotatable bonds is 8. The van der Waals surface area contributed by atoms with E-state index in [1.54, 1.807) is 7.11 Å². The van der Waals surface area contributed by atoms with Crippen molar-refractivity contribution in [1.82, 2.24) is 10.0 Å². The molecule has 0 radical (unpaired) electrons. The second kappa shape index (κ2) is 8.51. The van der Waals surface area contributed by atoms with Crippen molar-refractivity contribution in [2.45, 2.75) is 36.7 Å². The fourth-order valence-corrected chi connectivity index (χ4v) is 4.29. The summed E-state index contributed by atoms with van der Waals surface area (Å²) in [6.45, 7) is 1.53. The summed E-state index contributed by atoms with van der Waals surface area (Å²) in [5.41, 5.74) is 0.976. The lowest BCUT2D eigenvalue weighted by Crippen LogP contribution is -2.46. The highest BCUT2D eigenvalue weighted by atomic mass is 35.5. The van der Waals surface area contributed by atoms with Crippen LogP contribution in [0.2, 0.25) is 5.02 Å². The lowest BCUT2D eigenvalue weighted by Gasteiger charge is -2.22. The number of carbonyl (C=O) groups is 1. The third-order valence-electron chi connectivity index (χ3n) is 4.72. The molecule has 1 fully saturated rings. The fraction of sp³-hybridized carbons (Fsp3) is 0.350. The summed E-state index contributed by atoms with van der Waals surface area (Å²) in [6, 6.07) is 12.3. The van der Waals surface area contributed by atoms with Gasteiger partial charge in [-0.1, -0.05) is 23.7 Å². The van der Waals surface area contributed by atoms with Crippen LogP contribution >= 0.6 is 11.6 Å². The van der Waals surface area contributed by atoms with Gasteiger partial charge in [0.25, 0.3) is 0 Å². The molecule has 2 aromatic rings. The number of amides is 1. The van der Waals surface area contributed by atoms with Crippen LogP contribution in [-0.4, -0.2) is 27.5 Å². The minimum Gasteiger partial charge on any atom is -0.497 e. The highest BCUT2D eigenvalue weighted by Crippen LogP contribution is 2.41. The topological polar surface area (TPSA) is 84.5 Å². The maximum absolute atomic E-state index is 12.7. The smallest absolute Gasteiger partial charge is 0.241 e. The maximum atomic E-state index is 12.7. The van der Waals surface area contributed by atoms with Gasteiger partial charge in [-0.3, -0.25) is 4.79 Å². The van der Waals surface area contributed by atoms with E-state index >= 15 is 0 Å². The molecule has 0 heterocycles. The number of benzene rings is 2. The van der Waals surface area contributed by atoms with Crippen LogP contribution in [0.1, 0.15) is 31.4 Å². The summed E-state index contributed by atoms with van der Waals surface area (Å²) in [5.74, 6) is 0.733. The van der Waals surface area contributed by atoms with E-state index in [-0.39, 0.29) is 16.8 Å². The van der Waals surface area contributed by atoms with Crippen LogP contribution in [0.3, 0.4) is 0 Å². The maximum Gasteiger partial charge on any atom is 0.241 e. The Hall–Kier alpha value is -2.09. The molecule has 0 saturated heterocycles. The molecule has 8 heteroatoms. The standard InChI is InChI=1S/C20H23ClN2O4S/c1-13(23-28(25,26)18-11-7-16(21)8-12-18)20(24)22-19(14-3-4-14)15-5-9-17(27-2)10-6-15/h5-14,19,23H,3-4H2,1-2H3,(H,22,24)/t13-,19?/m0/s1. The zero-order valence-corrected chi connectivity index (χ0v) is 17.3. The first-order valence-electron chi connectivity index (χ1n) is 9.02. The van der Waals surface area contributed by atoms with E-state index in [0.29, 0.717) is 10.9 Å². The van der Waals surface area contributed by atoms with Crippen molar-refractivity contribution in [1.29, 1.82) is 0 Å². The van der Waals surface area contributed by atoms with Crippen molar-refractivity contribution in [2.24, 2.45) is 5.92 Å². The van der Waals surface area contributed by atoms with Gasteiger partial charge in [0.15, 0.2) is 0 Å². The Morgan fingerprint density at radius 3 is 2.25 bits per heavy atom. The predicted octanol–water partition coefficient (Wildman–Crippen LogP) is 3.28. The van der Waals surface area contributed by atoms with Crippen molar-refractivity contribution in [3.8, 4) is 5.75 Å². The normalized spacial score (nSPS) is 16.2. The Morgan fingerprint density at radius 1 is 1.11 bits per heavy atom. The van der Waals surface area contributed by atoms with Gasteiger partial charge in [-0.15, -0.1) is 0 Å². The van der Waals surface area contributed by atoms with Crippen LogP contribution in [0.25, 0.3) is 0 Å². The lowest BCUT2D eigenvalue weighted by atomic mass is 10.0. The molecule has 0 spiro atoms. The summed E-state index contributed by atoms with van der Waals surface area (Å²) < 4.78 is 32.6. The molecule has 3 rings (SSSR count). The van der Waals surface area contributed by atoms with Crippen molar-refractivity contribution in [2.75, 3.05) is 7.11 Å². The second-order valence-electron chi connectivity index (χ2n) is 6.89. The molecule has 28 heavy (non-hydrogen) atoms. The number of methoxy groups -OCH3 is 1. The number of ether oxygens (including phenoxy) is 1. The van der Waals surface area contributed by atoms with Gasteiger partial charge in [0.1, 0.15) is 5.75 Å². The Bertz CT molecular complexity index is 926. The highest BCUT2D eigenvalue weighted by molar-refractivity contribution is 7.89. The van der Waals surface area contributed by atoms with Crippen LogP contribution in [0.5, 0.6) is 5.75 Å². The van der Waals surface area contributed by atoms with E-state index in [9.17, 15) is 13.2 Å². The van der Waals surface area contributed by atoms with E-state index in [2.05, 4.69) is 10.0 Å². The van der Waals surface area contributed by atoms with Crippen molar-refractivity contribution in [3.63, 3.8) is 0 Å². The number of carbonyl (C=O) groups excluding carboxylic acids is 1. The molecule has 2 N–H and O–H groups in total. The molecule has 0 aliphatic heterocycles. The molecule has 1 aliphatic carbocycles. The second-order valence-corrected chi connectivity index (χ2v) is 9.04. The Balaban J connectivity index is 1.68. The molecule has 0 bridgehead atoms. The molecular formula is C20H23ClN2O4S. The highest BCUT2D eigenvalue weighted by Gasteiger charge is 2.34. The monoisotopic (exact) mass is 422 g/mol. The van der Waals surface area contributed by atoms with E-state index in [1.165, 1.54) is 31.2 Å². The average Bonchev–Trinajstić information content (AvgIpc) is 3.51. The van der Waals surface area contributed by atoms with Gasteiger partial charge in [-0.25, -0.2) is 8.42 Å². The number of halogens is 1. The number of hydrogen-bond acceptors (Lipinski definition) is 4. The molecule has 150 valence electrons. The third kappa shape index (κ3) is 5.04. The quantitative estimate of drug-likeness (QED) is 0.683. The minimum atomic E-state index is -3.82. The molecule has 0 aromatic heterocycles. The van der Waals surface area contributed by atoms with E-state index in [4.69, 9.17) is 16.3 Å². The van der Waals surface area contributed by atoms with Crippen LogP contribution in [0.4, 0.5) is 0 Å². The van der Waals surface area contributed by atoms with E-state index in [1.807, 2.05) is 24.3 Å². The summed E-state index contributed by atoms with van der Waals surface area (Å²) in [7, 11) is -2.22. The first-order chi connectivity index (χ1) is 13.3. The van der Waals surface area contributed by atoms with Crippen molar-refractivity contribution >= 4 is 27.5 Å². The fourth-order valence-electron chi connectivity index (χ4n) is 2.96. The minimum absolute atomic E-state index is 0.0606. The summed E-state index contributed by atoms with van der Waals surface area (Å²) in [4.78, 5) is 12.7. The molecule has 6 nitrogen and oxygen atoms in total.